The van der Waals surface area contributed by atoms with E-state index < -0.39 is 0 Å². The molecule has 1 aliphatic heterocycles. The molecule has 1 aromatic rings. The quantitative estimate of drug-likeness (QED) is 0.726. The van der Waals surface area contributed by atoms with Gasteiger partial charge in [-0.3, -0.25) is 5.01 Å². The lowest BCUT2D eigenvalue weighted by Gasteiger charge is -2.22. The van der Waals surface area contributed by atoms with E-state index >= 15 is 0 Å². The van der Waals surface area contributed by atoms with Crippen LogP contribution in [-0.2, 0) is 0 Å². The summed E-state index contributed by atoms with van der Waals surface area (Å²) in [7, 11) is 0. The van der Waals surface area contributed by atoms with E-state index in [0.717, 1.165) is 19.4 Å². The van der Waals surface area contributed by atoms with Gasteiger partial charge in [0.2, 0.25) is 0 Å². The minimum atomic E-state index is 0.191. The van der Waals surface area contributed by atoms with Crippen LogP contribution in [0.4, 0.5) is 0 Å². The number of nitrogens with zero attached hydrogens (tertiary/aromatic N) is 2. The zero-order valence-electron chi connectivity index (χ0n) is 9.89. The summed E-state index contributed by atoms with van der Waals surface area (Å²) in [6, 6.07) is 8.58. The summed E-state index contributed by atoms with van der Waals surface area (Å²) in [4.78, 5) is 10.7. The smallest absolute Gasteiger partial charge is 0.0755 e. The van der Waals surface area contributed by atoms with Crippen LogP contribution in [0.5, 0.6) is 0 Å². The summed E-state index contributed by atoms with van der Waals surface area (Å²) in [6.07, 6.45) is 2.10. The predicted molar refractivity (Wildman–Crippen MR) is 65.0 cm³/mol. The molecule has 1 aliphatic rings. The van der Waals surface area contributed by atoms with Crippen molar-refractivity contribution in [1.29, 1.82) is 0 Å². The van der Waals surface area contributed by atoms with Gasteiger partial charge in [0.15, 0.2) is 0 Å². The Labute approximate surface area is 96.4 Å². The Morgan fingerprint density at radius 2 is 2.12 bits per heavy atom. The summed E-state index contributed by atoms with van der Waals surface area (Å²) < 4.78 is 0. The van der Waals surface area contributed by atoms with Crippen molar-refractivity contribution in [2.45, 2.75) is 38.6 Å². The molecule has 1 aromatic carbocycles. The predicted octanol–water partition coefficient (Wildman–Crippen LogP) is 3.63. The molecule has 0 saturated carbocycles. The molecule has 1 heterocycles. The molecule has 1 atom stereocenters. The van der Waals surface area contributed by atoms with Crippen LogP contribution in [0.25, 0.3) is 0 Å². The molecule has 16 heavy (non-hydrogen) atoms. The molecule has 3 nitrogen and oxygen atoms in total. The van der Waals surface area contributed by atoms with Gasteiger partial charge in [0.05, 0.1) is 11.3 Å². The Bertz CT molecular complexity index is 376. The molecule has 0 spiro atoms. The van der Waals surface area contributed by atoms with E-state index in [4.69, 9.17) is 0 Å². The molecule has 0 N–H and O–H groups in total. The average molecular weight is 218 g/mol. The van der Waals surface area contributed by atoms with Crippen LogP contribution in [0, 0.1) is 4.91 Å². The second-order valence-electron chi connectivity index (χ2n) is 4.69. The van der Waals surface area contributed by atoms with Crippen molar-refractivity contribution in [2.75, 3.05) is 6.54 Å². The molecule has 1 unspecified atom stereocenters. The maximum absolute atomic E-state index is 10.7. The van der Waals surface area contributed by atoms with Crippen LogP contribution >= 0.6 is 0 Å². The van der Waals surface area contributed by atoms with Crippen LogP contribution in [0.15, 0.2) is 29.6 Å². The van der Waals surface area contributed by atoms with Crippen molar-refractivity contribution in [3.8, 4) is 0 Å². The van der Waals surface area contributed by atoms with Crippen molar-refractivity contribution in [1.82, 2.24) is 5.01 Å². The average Bonchev–Trinajstić information content (AvgIpc) is 2.76. The molecule has 86 valence electrons. The van der Waals surface area contributed by atoms with Crippen LogP contribution in [0.1, 0.15) is 49.8 Å². The first-order valence-electron chi connectivity index (χ1n) is 5.92. The van der Waals surface area contributed by atoms with Gasteiger partial charge in [-0.1, -0.05) is 38.1 Å². The lowest BCUT2D eigenvalue weighted by Crippen LogP contribution is -2.17. The first-order chi connectivity index (χ1) is 7.74. The molecule has 1 fully saturated rings. The van der Waals surface area contributed by atoms with Gasteiger partial charge in [0, 0.05) is 6.54 Å². The summed E-state index contributed by atoms with van der Waals surface area (Å²) in [6.45, 7) is 5.17. The molecule has 1 saturated heterocycles. The van der Waals surface area contributed by atoms with E-state index in [-0.39, 0.29) is 6.04 Å². The van der Waals surface area contributed by atoms with E-state index in [2.05, 4.69) is 37.3 Å². The topological polar surface area (TPSA) is 32.7 Å². The van der Waals surface area contributed by atoms with Crippen LogP contribution in [0.3, 0.4) is 0 Å². The van der Waals surface area contributed by atoms with Gasteiger partial charge in [-0.25, -0.2) is 0 Å². The molecule has 0 radical (unpaired) electrons. The van der Waals surface area contributed by atoms with Gasteiger partial charge in [0.1, 0.15) is 0 Å². The Kier molecular flexibility index (Phi) is 3.22. The third kappa shape index (κ3) is 1.94. The lowest BCUT2D eigenvalue weighted by atomic mass is 9.92. The highest BCUT2D eigenvalue weighted by atomic mass is 16.3. The number of benzene rings is 1. The first-order valence-corrected chi connectivity index (χ1v) is 5.92. The Morgan fingerprint density at radius 1 is 1.38 bits per heavy atom. The number of rotatable bonds is 3. The SMILES string of the molecule is CC(C)c1ccccc1C1CCCN1N=O. The molecule has 0 bridgehead atoms. The van der Waals surface area contributed by atoms with E-state index in [1.54, 1.807) is 5.01 Å². The summed E-state index contributed by atoms with van der Waals surface area (Å²) in [5.74, 6) is 0.491. The van der Waals surface area contributed by atoms with Gasteiger partial charge >= 0.3 is 0 Å². The largest absolute Gasteiger partial charge is 0.253 e. The minimum absolute atomic E-state index is 0.191. The maximum Gasteiger partial charge on any atom is 0.0755 e. The lowest BCUT2D eigenvalue weighted by molar-refractivity contribution is 0.265. The van der Waals surface area contributed by atoms with Crippen molar-refractivity contribution in [2.24, 2.45) is 5.29 Å². The second kappa shape index (κ2) is 4.64. The zero-order valence-corrected chi connectivity index (χ0v) is 9.89. The van der Waals surface area contributed by atoms with Gasteiger partial charge in [-0.15, -0.1) is 4.91 Å². The zero-order chi connectivity index (χ0) is 11.5. The van der Waals surface area contributed by atoms with Crippen molar-refractivity contribution in [3.63, 3.8) is 0 Å². The monoisotopic (exact) mass is 218 g/mol. The summed E-state index contributed by atoms with van der Waals surface area (Å²) in [5, 5.41) is 4.81. The van der Waals surface area contributed by atoms with E-state index in [0.29, 0.717) is 5.92 Å². The Morgan fingerprint density at radius 3 is 2.81 bits per heavy atom. The molecule has 0 amide bonds. The Balaban J connectivity index is 2.35. The van der Waals surface area contributed by atoms with Crippen LogP contribution in [-0.4, -0.2) is 11.6 Å². The highest BCUT2D eigenvalue weighted by molar-refractivity contribution is 5.32. The van der Waals surface area contributed by atoms with Gasteiger partial charge in [-0.2, -0.15) is 0 Å². The maximum atomic E-state index is 10.7. The molecule has 0 aliphatic carbocycles. The minimum Gasteiger partial charge on any atom is -0.253 e. The Hall–Kier alpha value is -1.38. The first kappa shape index (κ1) is 11.1. The van der Waals surface area contributed by atoms with E-state index in [1.165, 1.54) is 11.1 Å². The van der Waals surface area contributed by atoms with Crippen molar-refractivity contribution < 1.29 is 0 Å². The standard InChI is InChI=1S/C13H18N2O/c1-10(2)11-6-3-4-7-12(11)13-8-5-9-15(13)14-16/h3-4,6-7,10,13H,5,8-9H2,1-2H3. The highest BCUT2D eigenvalue weighted by Crippen LogP contribution is 2.35. The highest BCUT2D eigenvalue weighted by Gasteiger charge is 2.27. The normalized spacial score (nSPS) is 20.4. The van der Waals surface area contributed by atoms with Crippen molar-refractivity contribution >= 4 is 0 Å². The third-order valence-corrected chi connectivity index (χ3v) is 3.31. The third-order valence-electron chi connectivity index (χ3n) is 3.31. The molecular weight excluding hydrogens is 200 g/mol. The number of hydrogen-bond acceptors (Lipinski definition) is 2. The van der Waals surface area contributed by atoms with Gasteiger partial charge < -0.3 is 0 Å². The summed E-state index contributed by atoms with van der Waals surface area (Å²) >= 11 is 0. The van der Waals surface area contributed by atoms with Gasteiger partial charge in [-0.05, 0) is 29.9 Å². The molecular formula is C13H18N2O. The number of nitroso groups, excluding NO2 is 1. The van der Waals surface area contributed by atoms with E-state index in [9.17, 15) is 4.91 Å². The van der Waals surface area contributed by atoms with Crippen LogP contribution in [0.2, 0.25) is 0 Å². The van der Waals surface area contributed by atoms with E-state index in [1.807, 2.05) is 6.07 Å². The molecule has 0 aromatic heterocycles. The van der Waals surface area contributed by atoms with Crippen molar-refractivity contribution in [3.05, 3.63) is 40.3 Å². The fourth-order valence-corrected chi connectivity index (χ4v) is 2.51. The molecule has 2 rings (SSSR count). The van der Waals surface area contributed by atoms with Gasteiger partial charge in [0.25, 0.3) is 0 Å². The molecule has 3 heteroatoms. The summed E-state index contributed by atoms with van der Waals surface area (Å²) in [5.41, 5.74) is 2.61. The fraction of sp³-hybridized carbons (Fsp3) is 0.538. The number of hydrogen-bond donors (Lipinski definition) is 0. The fourth-order valence-electron chi connectivity index (χ4n) is 2.51. The van der Waals surface area contributed by atoms with Crippen LogP contribution < -0.4 is 0 Å². The second-order valence-corrected chi connectivity index (χ2v) is 4.69.